The second-order valence-electron chi connectivity index (χ2n) is 4.11. The van der Waals surface area contributed by atoms with Crippen molar-refractivity contribution in [2.75, 3.05) is 18.1 Å². The van der Waals surface area contributed by atoms with E-state index >= 15 is 0 Å². The van der Waals surface area contributed by atoms with E-state index in [0.717, 1.165) is 12.1 Å². The summed E-state index contributed by atoms with van der Waals surface area (Å²) in [5.74, 6) is 1.62. The van der Waals surface area contributed by atoms with Crippen LogP contribution in [0.5, 0.6) is 0 Å². The van der Waals surface area contributed by atoms with Crippen LogP contribution < -0.4 is 11.1 Å². The van der Waals surface area contributed by atoms with Gasteiger partial charge in [0.2, 0.25) is 0 Å². The number of hydrogen-bond acceptors (Lipinski definition) is 4. The molecule has 1 heterocycles. The Morgan fingerprint density at radius 1 is 1.50 bits per heavy atom. The molecule has 1 aromatic heterocycles. The van der Waals surface area contributed by atoms with Gasteiger partial charge in [-0.25, -0.2) is 9.97 Å². The van der Waals surface area contributed by atoms with Crippen molar-refractivity contribution < 1.29 is 0 Å². The third-order valence-corrected chi connectivity index (χ3v) is 2.99. The van der Waals surface area contributed by atoms with Crippen LogP contribution in [-0.4, -0.2) is 17.0 Å². The number of nitrogens with two attached hydrogens (primary N) is 1. The fourth-order valence-corrected chi connectivity index (χ4v) is 1.52. The molecule has 1 rings (SSSR count). The van der Waals surface area contributed by atoms with E-state index < -0.39 is 0 Å². The summed E-state index contributed by atoms with van der Waals surface area (Å²) in [6.07, 6.45) is 4.35. The molecule has 2 atom stereocenters. The second-order valence-corrected chi connectivity index (χ2v) is 4.11. The summed E-state index contributed by atoms with van der Waals surface area (Å²) in [5, 5.41) is 2.96. The summed E-state index contributed by atoms with van der Waals surface area (Å²) in [5.41, 5.74) is 7.52. The van der Waals surface area contributed by atoms with Gasteiger partial charge in [-0.15, -0.1) is 6.58 Å². The van der Waals surface area contributed by atoms with Crippen LogP contribution in [0.1, 0.15) is 19.5 Å². The molecule has 4 heteroatoms. The Balaban J connectivity index is 2.85. The first kappa shape index (κ1) is 12.5. The maximum absolute atomic E-state index is 5.97. The van der Waals surface area contributed by atoms with E-state index in [2.05, 4.69) is 35.7 Å². The SMILES string of the molecule is C=CC(C)C(C)Cc1ncnc(NC)c1N. The van der Waals surface area contributed by atoms with Crippen molar-refractivity contribution in [1.82, 2.24) is 9.97 Å². The van der Waals surface area contributed by atoms with Crippen LogP contribution in [0.4, 0.5) is 11.5 Å². The summed E-state index contributed by atoms with van der Waals surface area (Å²) >= 11 is 0. The number of nitrogens with one attached hydrogen (secondary N) is 1. The second kappa shape index (κ2) is 5.49. The van der Waals surface area contributed by atoms with Crippen molar-refractivity contribution in [3.8, 4) is 0 Å². The number of nitrogens with zero attached hydrogens (tertiary/aromatic N) is 2. The Morgan fingerprint density at radius 2 is 2.19 bits per heavy atom. The molecule has 4 nitrogen and oxygen atoms in total. The van der Waals surface area contributed by atoms with E-state index in [4.69, 9.17) is 5.73 Å². The molecule has 0 aliphatic carbocycles. The lowest BCUT2D eigenvalue weighted by Gasteiger charge is -2.17. The zero-order valence-electron chi connectivity index (χ0n) is 10.2. The molecule has 16 heavy (non-hydrogen) atoms. The first-order valence-corrected chi connectivity index (χ1v) is 5.49. The third kappa shape index (κ3) is 2.72. The average molecular weight is 220 g/mol. The van der Waals surface area contributed by atoms with E-state index in [9.17, 15) is 0 Å². The molecule has 1 aromatic rings. The molecule has 0 bridgehead atoms. The predicted molar refractivity (Wildman–Crippen MR) is 68.2 cm³/mol. The van der Waals surface area contributed by atoms with Crippen molar-refractivity contribution in [2.45, 2.75) is 20.3 Å². The number of anilines is 2. The van der Waals surface area contributed by atoms with Crippen molar-refractivity contribution in [3.63, 3.8) is 0 Å². The molecular formula is C12H20N4. The van der Waals surface area contributed by atoms with Gasteiger partial charge >= 0.3 is 0 Å². The summed E-state index contributed by atoms with van der Waals surface area (Å²) in [4.78, 5) is 8.30. The Labute approximate surface area is 97.0 Å². The lowest BCUT2D eigenvalue weighted by Crippen LogP contribution is -2.12. The number of hydrogen-bond donors (Lipinski definition) is 2. The number of allylic oxidation sites excluding steroid dienone is 1. The molecule has 0 aliphatic rings. The van der Waals surface area contributed by atoms with Crippen molar-refractivity contribution in [1.29, 1.82) is 0 Å². The Hall–Kier alpha value is -1.58. The van der Waals surface area contributed by atoms with Gasteiger partial charge in [0.15, 0.2) is 5.82 Å². The lowest BCUT2D eigenvalue weighted by atomic mass is 9.91. The minimum atomic E-state index is 0.451. The molecule has 0 saturated heterocycles. The lowest BCUT2D eigenvalue weighted by molar-refractivity contribution is 0.454. The largest absolute Gasteiger partial charge is 0.394 e. The highest BCUT2D eigenvalue weighted by atomic mass is 15.0. The Bertz CT molecular complexity index is 362. The average Bonchev–Trinajstić information content (AvgIpc) is 2.30. The molecule has 3 N–H and O–H groups in total. The fraction of sp³-hybridized carbons (Fsp3) is 0.500. The van der Waals surface area contributed by atoms with Gasteiger partial charge in [0.1, 0.15) is 6.33 Å². The normalized spacial score (nSPS) is 14.2. The van der Waals surface area contributed by atoms with Crippen LogP contribution in [-0.2, 0) is 6.42 Å². The summed E-state index contributed by atoms with van der Waals surface area (Å²) in [6, 6.07) is 0. The summed E-state index contributed by atoms with van der Waals surface area (Å²) in [6.45, 7) is 8.12. The Kier molecular flexibility index (Phi) is 4.28. The first-order valence-electron chi connectivity index (χ1n) is 5.49. The number of rotatable bonds is 5. The maximum Gasteiger partial charge on any atom is 0.152 e. The van der Waals surface area contributed by atoms with Crippen LogP contribution >= 0.6 is 0 Å². The van der Waals surface area contributed by atoms with Crippen molar-refractivity contribution in [2.24, 2.45) is 11.8 Å². The molecular weight excluding hydrogens is 200 g/mol. The minimum absolute atomic E-state index is 0.451. The highest BCUT2D eigenvalue weighted by Gasteiger charge is 2.14. The highest BCUT2D eigenvalue weighted by Crippen LogP contribution is 2.23. The smallest absolute Gasteiger partial charge is 0.152 e. The van der Waals surface area contributed by atoms with Crippen LogP contribution in [0.15, 0.2) is 19.0 Å². The third-order valence-electron chi connectivity index (χ3n) is 2.99. The molecule has 0 fully saturated rings. The maximum atomic E-state index is 5.97. The van der Waals surface area contributed by atoms with Crippen LogP contribution in [0.25, 0.3) is 0 Å². The van der Waals surface area contributed by atoms with Gasteiger partial charge < -0.3 is 11.1 Å². The predicted octanol–water partition coefficient (Wildman–Crippen LogP) is 2.10. The van der Waals surface area contributed by atoms with Gasteiger partial charge in [-0.1, -0.05) is 19.9 Å². The number of aromatic nitrogens is 2. The van der Waals surface area contributed by atoms with E-state index in [0.29, 0.717) is 23.3 Å². The van der Waals surface area contributed by atoms with E-state index in [1.54, 1.807) is 13.4 Å². The molecule has 0 aromatic carbocycles. The molecule has 0 amide bonds. The highest BCUT2D eigenvalue weighted by molar-refractivity contribution is 5.63. The zero-order chi connectivity index (χ0) is 12.1. The Morgan fingerprint density at radius 3 is 2.75 bits per heavy atom. The molecule has 2 unspecified atom stereocenters. The van der Waals surface area contributed by atoms with Gasteiger partial charge in [-0.3, -0.25) is 0 Å². The quantitative estimate of drug-likeness (QED) is 0.746. The molecule has 0 aliphatic heterocycles. The fourth-order valence-electron chi connectivity index (χ4n) is 1.52. The van der Waals surface area contributed by atoms with Crippen molar-refractivity contribution in [3.05, 3.63) is 24.7 Å². The van der Waals surface area contributed by atoms with Gasteiger partial charge in [0.25, 0.3) is 0 Å². The molecule has 0 radical (unpaired) electrons. The van der Waals surface area contributed by atoms with E-state index in [-0.39, 0.29) is 0 Å². The van der Waals surface area contributed by atoms with Crippen LogP contribution in [0, 0.1) is 11.8 Å². The topological polar surface area (TPSA) is 63.8 Å². The van der Waals surface area contributed by atoms with Gasteiger partial charge in [-0.2, -0.15) is 0 Å². The van der Waals surface area contributed by atoms with Crippen LogP contribution in [0.2, 0.25) is 0 Å². The zero-order valence-corrected chi connectivity index (χ0v) is 10.2. The van der Waals surface area contributed by atoms with Gasteiger partial charge in [0.05, 0.1) is 11.4 Å². The molecule has 0 spiro atoms. The minimum Gasteiger partial charge on any atom is -0.394 e. The number of nitrogen functional groups attached to an aromatic ring is 1. The van der Waals surface area contributed by atoms with Gasteiger partial charge in [-0.05, 0) is 18.3 Å². The summed E-state index contributed by atoms with van der Waals surface area (Å²) < 4.78 is 0. The van der Waals surface area contributed by atoms with E-state index in [1.165, 1.54) is 0 Å². The van der Waals surface area contributed by atoms with E-state index in [1.807, 2.05) is 6.08 Å². The molecule has 88 valence electrons. The monoisotopic (exact) mass is 220 g/mol. The summed E-state index contributed by atoms with van der Waals surface area (Å²) in [7, 11) is 1.80. The van der Waals surface area contributed by atoms with Crippen molar-refractivity contribution >= 4 is 11.5 Å². The molecule has 0 saturated carbocycles. The van der Waals surface area contributed by atoms with Crippen LogP contribution in [0.3, 0.4) is 0 Å². The standard InChI is InChI=1S/C12H20N4/c1-5-8(2)9(3)6-10-11(13)12(14-4)16-7-15-10/h5,7-9H,1,6,13H2,2-4H3,(H,14,15,16). The first-order chi connectivity index (χ1) is 7.60. The van der Waals surface area contributed by atoms with Gasteiger partial charge in [0, 0.05) is 7.05 Å².